The first-order chi connectivity index (χ1) is 12.8. The van der Waals surface area contributed by atoms with Gasteiger partial charge in [0.2, 0.25) is 0 Å². The van der Waals surface area contributed by atoms with Gasteiger partial charge in [-0.1, -0.05) is 47.2 Å². The molecule has 1 saturated heterocycles. The Balaban J connectivity index is 1.93. The van der Waals surface area contributed by atoms with E-state index in [0.29, 0.717) is 15.9 Å². The zero-order chi connectivity index (χ0) is 19.6. The Morgan fingerprint density at radius 3 is 2.56 bits per heavy atom. The molecular weight excluding hydrogens is 352 g/mol. The Hall–Kier alpha value is -2.17. The van der Waals surface area contributed by atoms with Crippen LogP contribution in [0.5, 0.6) is 0 Å². The number of carbonyl (C=O) groups excluding carboxylic acids is 1. The number of esters is 1. The van der Waals surface area contributed by atoms with Crippen molar-refractivity contribution in [1.29, 1.82) is 0 Å². The van der Waals surface area contributed by atoms with Crippen molar-refractivity contribution in [3.63, 3.8) is 0 Å². The molecule has 1 fully saturated rings. The molecule has 0 bridgehead atoms. The van der Waals surface area contributed by atoms with Gasteiger partial charge in [-0.2, -0.15) is 0 Å². The van der Waals surface area contributed by atoms with Crippen LogP contribution in [0.3, 0.4) is 0 Å². The van der Waals surface area contributed by atoms with E-state index in [1.165, 1.54) is 38.2 Å². The molecule has 0 spiro atoms. The van der Waals surface area contributed by atoms with Crippen LogP contribution in [0.4, 0.5) is 0 Å². The van der Waals surface area contributed by atoms with Gasteiger partial charge in [0.25, 0.3) is 0 Å². The molecule has 1 aliphatic heterocycles. The van der Waals surface area contributed by atoms with Crippen LogP contribution in [0, 0.1) is 27.7 Å². The Kier molecular flexibility index (Phi) is 5.97. The second kappa shape index (κ2) is 8.24. The van der Waals surface area contributed by atoms with E-state index in [1.54, 1.807) is 0 Å². The summed E-state index contributed by atoms with van der Waals surface area (Å²) < 4.78 is 5.36. The van der Waals surface area contributed by atoms with Crippen LogP contribution in [0.1, 0.15) is 40.7 Å². The third-order valence-corrected chi connectivity index (χ3v) is 6.93. The topological polar surface area (TPSA) is 46.5 Å². The van der Waals surface area contributed by atoms with E-state index in [9.17, 15) is 9.90 Å². The van der Waals surface area contributed by atoms with E-state index in [2.05, 4.69) is 64.1 Å². The van der Waals surface area contributed by atoms with Crippen LogP contribution >= 0.6 is 0 Å². The molecule has 1 heterocycles. The van der Waals surface area contributed by atoms with Gasteiger partial charge in [-0.05, 0) is 61.2 Å². The standard InChI is InChI=1S/C23H26O3Si/c1-14-6-5-7-21(17(14)4)27-23-16(3)9-8-15(2)20(23)11-10-19-12-18(24)13-22(25)26-19/h5-11,18-19,24H,12-13H2,1-4H3. The Labute approximate surface area is 163 Å². The van der Waals surface area contributed by atoms with Gasteiger partial charge in [0.15, 0.2) is 0 Å². The molecule has 1 N–H and O–H groups in total. The maximum Gasteiger partial charge on any atom is 0.309 e. The van der Waals surface area contributed by atoms with E-state index in [-0.39, 0.29) is 18.5 Å². The fraction of sp³-hybridized carbons (Fsp3) is 0.348. The lowest BCUT2D eigenvalue weighted by Crippen LogP contribution is -2.34. The number of cyclic esters (lactones) is 1. The summed E-state index contributed by atoms with van der Waals surface area (Å²) in [7, 11) is 0.567. The van der Waals surface area contributed by atoms with Gasteiger partial charge in [-0.25, -0.2) is 0 Å². The molecule has 0 aliphatic carbocycles. The predicted molar refractivity (Wildman–Crippen MR) is 111 cm³/mol. The molecule has 0 aromatic heterocycles. The zero-order valence-corrected chi connectivity index (χ0v) is 17.4. The lowest BCUT2D eigenvalue weighted by molar-refractivity contribution is -0.156. The first-order valence-corrected chi connectivity index (χ1v) is 10.3. The highest BCUT2D eigenvalue weighted by Crippen LogP contribution is 2.18. The molecule has 2 aromatic carbocycles. The molecule has 0 saturated carbocycles. The van der Waals surface area contributed by atoms with Crippen molar-refractivity contribution < 1.29 is 14.6 Å². The van der Waals surface area contributed by atoms with Crippen molar-refractivity contribution in [2.75, 3.05) is 0 Å². The molecule has 3 nitrogen and oxygen atoms in total. The van der Waals surface area contributed by atoms with Crippen molar-refractivity contribution in [2.45, 2.75) is 52.7 Å². The molecule has 27 heavy (non-hydrogen) atoms. The second-order valence-electron chi connectivity index (χ2n) is 7.34. The molecule has 2 radical (unpaired) electrons. The van der Waals surface area contributed by atoms with Crippen molar-refractivity contribution >= 4 is 31.9 Å². The highest BCUT2D eigenvalue weighted by Gasteiger charge is 2.25. The van der Waals surface area contributed by atoms with E-state index >= 15 is 0 Å². The van der Waals surface area contributed by atoms with Crippen LogP contribution in [-0.2, 0) is 9.53 Å². The average Bonchev–Trinajstić information content (AvgIpc) is 2.60. The van der Waals surface area contributed by atoms with Crippen molar-refractivity contribution in [2.24, 2.45) is 0 Å². The van der Waals surface area contributed by atoms with Crippen LogP contribution in [0.2, 0.25) is 0 Å². The first kappa shape index (κ1) is 19.6. The largest absolute Gasteiger partial charge is 0.458 e. The van der Waals surface area contributed by atoms with Gasteiger partial charge in [0.05, 0.1) is 12.5 Å². The predicted octanol–water partition coefficient (Wildman–Crippen LogP) is 2.65. The van der Waals surface area contributed by atoms with Crippen molar-refractivity contribution in [3.05, 3.63) is 64.2 Å². The van der Waals surface area contributed by atoms with Gasteiger partial charge < -0.3 is 9.84 Å². The fourth-order valence-corrected chi connectivity index (χ4v) is 4.89. The number of aliphatic hydroxyl groups is 1. The van der Waals surface area contributed by atoms with Gasteiger partial charge in [-0.15, -0.1) is 0 Å². The molecule has 0 amide bonds. The number of hydrogen-bond acceptors (Lipinski definition) is 3. The summed E-state index contributed by atoms with van der Waals surface area (Å²) >= 11 is 0. The molecule has 2 unspecified atom stereocenters. The molecule has 1 aliphatic rings. The summed E-state index contributed by atoms with van der Waals surface area (Å²) in [5.74, 6) is -0.332. The van der Waals surface area contributed by atoms with Crippen molar-refractivity contribution in [3.8, 4) is 0 Å². The van der Waals surface area contributed by atoms with E-state index in [4.69, 9.17) is 4.74 Å². The van der Waals surface area contributed by atoms with E-state index < -0.39 is 6.10 Å². The molecule has 2 atom stereocenters. The monoisotopic (exact) mass is 378 g/mol. The van der Waals surface area contributed by atoms with Gasteiger partial charge in [0.1, 0.15) is 15.6 Å². The highest BCUT2D eigenvalue weighted by atomic mass is 28.2. The summed E-state index contributed by atoms with van der Waals surface area (Å²) in [5.41, 5.74) is 6.30. The van der Waals surface area contributed by atoms with Crippen LogP contribution in [0.15, 0.2) is 36.4 Å². The smallest absolute Gasteiger partial charge is 0.309 e. The Bertz CT molecular complexity index is 885. The summed E-state index contributed by atoms with van der Waals surface area (Å²) in [6.07, 6.45) is 3.55. The Morgan fingerprint density at radius 2 is 1.81 bits per heavy atom. The van der Waals surface area contributed by atoms with Gasteiger partial charge in [0, 0.05) is 6.42 Å². The normalized spacial score (nSPS) is 20.1. The first-order valence-electron chi connectivity index (χ1n) is 9.34. The second-order valence-corrected chi connectivity index (χ2v) is 8.63. The van der Waals surface area contributed by atoms with E-state index in [0.717, 1.165) is 0 Å². The number of aryl methyl sites for hydroxylation is 3. The lowest BCUT2D eigenvalue weighted by atomic mass is 10.0. The summed E-state index contributed by atoms with van der Waals surface area (Å²) in [4.78, 5) is 11.6. The fourth-order valence-electron chi connectivity index (χ4n) is 3.36. The minimum atomic E-state index is -0.615. The number of benzene rings is 2. The SMILES string of the molecule is Cc1cccc([Si]c2c(C)ccc(C)c2C=CC2CC(O)CC(=O)O2)c1C. The third kappa shape index (κ3) is 4.57. The van der Waals surface area contributed by atoms with Crippen LogP contribution in [0.25, 0.3) is 6.08 Å². The Morgan fingerprint density at radius 1 is 1.07 bits per heavy atom. The number of aliphatic hydroxyl groups excluding tert-OH is 1. The number of carbonyl (C=O) groups is 1. The van der Waals surface area contributed by atoms with Crippen molar-refractivity contribution in [1.82, 2.24) is 0 Å². The highest BCUT2D eigenvalue weighted by molar-refractivity contribution is 6.69. The molecule has 140 valence electrons. The van der Waals surface area contributed by atoms with Gasteiger partial charge in [-0.3, -0.25) is 4.79 Å². The molecule has 2 aromatic rings. The summed E-state index contributed by atoms with van der Waals surface area (Å²) in [5, 5.41) is 12.5. The van der Waals surface area contributed by atoms with Gasteiger partial charge >= 0.3 is 5.97 Å². The minimum absolute atomic E-state index is 0.0904. The lowest BCUT2D eigenvalue weighted by Gasteiger charge is -2.23. The van der Waals surface area contributed by atoms with Crippen LogP contribution < -0.4 is 10.4 Å². The number of ether oxygens (including phenoxy) is 1. The number of hydrogen-bond donors (Lipinski definition) is 1. The minimum Gasteiger partial charge on any atom is -0.458 e. The molecule has 4 heteroatoms. The van der Waals surface area contributed by atoms with Crippen LogP contribution in [-0.4, -0.2) is 32.8 Å². The molecule has 3 rings (SSSR count). The number of rotatable bonds is 4. The quantitative estimate of drug-likeness (QED) is 0.657. The zero-order valence-electron chi connectivity index (χ0n) is 16.4. The maximum atomic E-state index is 11.6. The molecular formula is C23H26O3Si. The maximum absolute atomic E-state index is 11.6. The van der Waals surface area contributed by atoms with E-state index in [1.807, 2.05) is 6.08 Å². The summed E-state index contributed by atoms with van der Waals surface area (Å²) in [6, 6.07) is 10.8. The average molecular weight is 379 g/mol. The third-order valence-electron chi connectivity index (χ3n) is 5.20. The summed E-state index contributed by atoms with van der Waals surface area (Å²) in [6.45, 7) is 8.59.